The number of carbonyl (C=O) groups is 2. The molecule has 0 spiro atoms. The summed E-state index contributed by atoms with van der Waals surface area (Å²) in [5.41, 5.74) is 53.8. The molecular weight excluding hydrogens is 1530 g/mol. The molecule has 0 radical (unpaired) electrons. The summed E-state index contributed by atoms with van der Waals surface area (Å²) in [6.45, 7) is 21.6. The SMILES string of the molecule is CC(C)N1CCC(CN)(CCc2ccccc2)CC1.CN1CCC(CN)(CCc2ccccc2)CC1.CS(=O)(=O)N1CCC(CN)(CCc2ccccc2)CC1.NCC1(CCc2ccccc2)CCN(C(=O)c2ccccc2)CC1.NCC1(CCc2ccccc2)CCN(C(N)=O)CC1.NCC1(CCc2ccccc2)CCN(Cc2ccccc2)CC1. The van der Waals surface area contributed by atoms with E-state index >= 15 is 0 Å². The lowest BCUT2D eigenvalue weighted by atomic mass is 9.74. The topological polar surface area (TPSA) is 270 Å². The Morgan fingerprint density at radius 1 is 0.320 bits per heavy atom. The van der Waals surface area contributed by atoms with Crippen LogP contribution in [0.4, 0.5) is 4.79 Å². The number of sulfonamides is 1. The number of amides is 3. The second kappa shape index (κ2) is 50.3. The van der Waals surface area contributed by atoms with E-state index in [1.54, 1.807) is 9.21 Å². The zero-order valence-corrected chi connectivity index (χ0v) is 75.7. The Morgan fingerprint density at radius 3 is 0.803 bits per heavy atom. The van der Waals surface area contributed by atoms with Gasteiger partial charge in [-0.1, -0.05) is 231 Å². The molecule has 0 saturated carbocycles. The van der Waals surface area contributed by atoms with Crippen LogP contribution < -0.4 is 40.1 Å². The quantitative estimate of drug-likeness (QED) is 0.0230. The number of piperidine rings is 6. The summed E-state index contributed by atoms with van der Waals surface area (Å²) >= 11 is 0. The van der Waals surface area contributed by atoms with Gasteiger partial charge in [-0.25, -0.2) is 17.5 Å². The number of nitrogens with zero attached hydrogens (tertiary/aromatic N) is 6. The van der Waals surface area contributed by atoms with Gasteiger partial charge in [0.1, 0.15) is 0 Å². The maximum absolute atomic E-state index is 12.6. The largest absolute Gasteiger partial charge is 0.351 e. The summed E-state index contributed by atoms with van der Waals surface area (Å²) in [5, 5.41) is 0. The minimum atomic E-state index is -3.06. The van der Waals surface area contributed by atoms with E-state index in [1.807, 2.05) is 47.4 Å². The highest BCUT2D eigenvalue weighted by Gasteiger charge is 2.40. The van der Waals surface area contributed by atoms with Crippen LogP contribution in [0.25, 0.3) is 0 Å². The third kappa shape index (κ3) is 31.9. The average Bonchev–Trinajstić information content (AvgIpc) is 0.792. The first-order chi connectivity index (χ1) is 59.0. The van der Waals surface area contributed by atoms with Crippen LogP contribution in [0.5, 0.6) is 0 Å². The van der Waals surface area contributed by atoms with E-state index in [-0.39, 0.29) is 28.2 Å². The van der Waals surface area contributed by atoms with E-state index in [1.165, 1.54) is 155 Å². The molecule has 0 atom stereocenters. The van der Waals surface area contributed by atoms with Gasteiger partial charge in [-0.05, 0) is 337 Å². The van der Waals surface area contributed by atoms with Gasteiger partial charge in [0.15, 0.2) is 0 Å². The maximum Gasteiger partial charge on any atom is 0.314 e. The molecule has 8 aromatic carbocycles. The number of primary amides is 1. The van der Waals surface area contributed by atoms with Crippen molar-refractivity contribution in [3.8, 4) is 0 Å². The van der Waals surface area contributed by atoms with E-state index in [0.717, 1.165) is 141 Å². The van der Waals surface area contributed by atoms with Crippen molar-refractivity contribution in [1.29, 1.82) is 0 Å². The lowest BCUT2D eigenvalue weighted by Crippen LogP contribution is -2.48. The Bertz CT molecular complexity index is 4260. The zero-order valence-electron chi connectivity index (χ0n) is 74.8. The van der Waals surface area contributed by atoms with Crippen molar-refractivity contribution in [2.24, 2.45) is 72.6 Å². The number of benzene rings is 8. The molecule has 6 aliphatic heterocycles. The summed E-state index contributed by atoms with van der Waals surface area (Å²) in [4.78, 5) is 35.0. The van der Waals surface area contributed by atoms with E-state index in [4.69, 9.17) is 40.1 Å². The van der Waals surface area contributed by atoms with Gasteiger partial charge >= 0.3 is 6.03 Å². The monoisotopic (exact) mass is 1680 g/mol. The lowest BCUT2D eigenvalue weighted by molar-refractivity contribution is 0.0573. The van der Waals surface area contributed by atoms with Crippen molar-refractivity contribution in [3.05, 3.63) is 287 Å². The van der Waals surface area contributed by atoms with Crippen LogP contribution in [0, 0.1) is 32.5 Å². The molecule has 122 heavy (non-hydrogen) atoms. The lowest BCUT2D eigenvalue weighted by Gasteiger charge is -2.43. The van der Waals surface area contributed by atoms with Gasteiger partial charge in [-0.15, -0.1) is 0 Å². The third-order valence-corrected chi connectivity index (χ3v) is 29.9. The van der Waals surface area contributed by atoms with Crippen molar-refractivity contribution in [3.63, 3.8) is 0 Å². The van der Waals surface area contributed by atoms with Gasteiger partial charge in [0, 0.05) is 57.4 Å². The van der Waals surface area contributed by atoms with Crippen LogP contribution in [-0.4, -0.2) is 186 Å². The van der Waals surface area contributed by atoms with Gasteiger partial charge in [-0.3, -0.25) is 9.69 Å². The fraction of sp³-hybridized carbons (Fsp3) is 0.519. The zero-order chi connectivity index (χ0) is 87.0. The van der Waals surface area contributed by atoms with E-state index in [2.05, 4.69) is 236 Å². The second-order valence-corrected chi connectivity index (χ2v) is 39.0. The normalized spacial score (nSPS) is 18.7. The molecular formula is C104H153N13O4S. The van der Waals surface area contributed by atoms with Crippen molar-refractivity contribution < 1.29 is 18.0 Å². The first kappa shape index (κ1) is 97.9. The van der Waals surface area contributed by atoms with Gasteiger partial charge in [0.2, 0.25) is 10.0 Å². The van der Waals surface area contributed by atoms with Crippen LogP contribution in [0.1, 0.15) is 179 Å². The number of hydrogen-bond acceptors (Lipinski definition) is 13. The van der Waals surface area contributed by atoms with Gasteiger partial charge in [0.05, 0.1) is 6.26 Å². The standard InChI is InChI=1S/C21H26N2O.C21H28N2.C17H28N2.C15H23N3O.C15H24N2O2S.C15H24N2/c22-17-21(12-11-18-7-3-1-4-8-18)13-15-23(16-14-21)20(24)19-9-5-2-6-10-19;22-18-21(12-11-19-7-3-1-4-8-19)13-15-23(16-14-21)17-20-9-5-2-6-10-20;1-15(2)19-12-10-17(14-18,11-13-19)9-8-16-6-4-3-5-7-16;16-12-15(7-6-13-4-2-1-3-5-13)8-10-18(11-9-15)14(17)19;1-20(18,19)17-11-9-15(13-16,10-12-17)8-7-14-5-3-2-4-6-14;1-17-11-9-15(13-16,10-12-17)8-7-14-5-3-2-4-6-14/h1-10H,11-17,22H2;1-10H,11-18,22H2;3-7,15H,8-14,18H2,1-2H3;1-5H,6-12,16H2,(H2,17,19);2-6H,7-13,16H2,1H3;2-6H,7-13,16H2,1H3. The molecule has 17 nitrogen and oxygen atoms in total. The van der Waals surface area contributed by atoms with Crippen molar-refractivity contribution in [1.82, 2.24) is 28.8 Å². The van der Waals surface area contributed by atoms with E-state index in [9.17, 15) is 18.0 Å². The number of aryl methyl sites for hydroxylation is 6. The first-order valence-corrected chi connectivity index (χ1v) is 47.8. The van der Waals surface area contributed by atoms with Gasteiger partial charge in [0.25, 0.3) is 5.91 Å². The predicted octanol–water partition coefficient (Wildman–Crippen LogP) is 16.1. The van der Waals surface area contributed by atoms with Crippen LogP contribution in [-0.2, 0) is 55.1 Å². The molecule has 14 N–H and O–H groups in total. The Hall–Kier alpha value is -7.95. The van der Waals surface area contributed by atoms with Crippen LogP contribution >= 0.6 is 0 Å². The third-order valence-electron chi connectivity index (χ3n) is 28.6. The minimum absolute atomic E-state index is 0.0943. The molecule has 14 rings (SSSR count). The minimum Gasteiger partial charge on any atom is -0.351 e. The van der Waals surface area contributed by atoms with Crippen LogP contribution in [0.15, 0.2) is 243 Å². The molecule has 664 valence electrons. The molecule has 18 heteroatoms. The molecule has 6 fully saturated rings. The Morgan fingerprint density at radius 2 is 0.549 bits per heavy atom. The Labute approximate surface area is 735 Å². The molecule has 8 aromatic rings. The number of nitrogens with two attached hydrogens (primary N) is 7. The number of hydrogen-bond donors (Lipinski definition) is 7. The summed E-state index contributed by atoms with van der Waals surface area (Å²) in [6.07, 6.45) is 27.9. The first-order valence-electron chi connectivity index (χ1n) is 46.0. The Kier molecular flexibility index (Phi) is 40.3. The highest BCUT2D eigenvalue weighted by Crippen LogP contribution is 2.41. The van der Waals surface area contributed by atoms with Crippen molar-refractivity contribution in [2.45, 2.75) is 181 Å². The molecule has 0 aliphatic carbocycles. The molecule has 3 amide bonds. The molecule has 0 bridgehead atoms. The fourth-order valence-corrected chi connectivity index (χ4v) is 19.6. The molecule has 0 aromatic heterocycles. The summed E-state index contributed by atoms with van der Waals surface area (Å²) in [5.74, 6) is 0.143. The van der Waals surface area contributed by atoms with Gasteiger partial charge in [-0.2, -0.15) is 0 Å². The van der Waals surface area contributed by atoms with Crippen molar-refractivity contribution in [2.75, 3.05) is 131 Å². The van der Waals surface area contributed by atoms with E-state index in [0.29, 0.717) is 55.0 Å². The number of likely N-dealkylation sites (tertiary alicyclic amines) is 5. The Balaban J connectivity index is 0.000000167. The smallest absolute Gasteiger partial charge is 0.314 e. The molecule has 6 saturated heterocycles. The number of urea groups is 1. The fourth-order valence-electron chi connectivity index (χ4n) is 18.7. The van der Waals surface area contributed by atoms with Crippen molar-refractivity contribution >= 4 is 22.0 Å². The summed E-state index contributed by atoms with van der Waals surface area (Å²) < 4.78 is 24.7. The second-order valence-electron chi connectivity index (χ2n) is 37.0. The van der Waals surface area contributed by atoms with Crippen LogP contribution in [0.3, 0.4) is 0 Å². The maximum atomic E-state index is 12.6. The van der Waals surface area contributed by atoms with Gasteiger partial charge < -0.3 is 59.7 Å². The number of rotatable bonds is 29. The van der Waals surface area contributed by atoms with Crippen LogP contribution in [0.2, 0.25) is 0 Å². The molecule has 0 unspecified atom stereocenters. The summed E-state index contributed by atoms with van der Waals surface area (Å²) in [6, 6.07) is 84.6. The average molecular weight is 1680 g/mol. The predicted molar refractivity (Wildman–Crippen MR) is 509 cm³/mol. The molecule has 6 aliphatic rings. The highest BCUT2D eigenvalue weighted by atomic mass is 32.2. The van der Waals surface area contributed by atoms with E-state index < -0.39 is 10.0 Å². The summed E-state index contributed by atoms with van der Waals surface area (Å²) in [7, 11) is -0.853. The molecule has 6 heterocycles. The number of carbonyl (C=O) groups excluding carboxylic acids is 2. The highest BCUT2D eigenvalue weighted by molar-refractivity contribution is 7.88.